The lowest BCUT2D eigenvalue weighted by Gasteiger charge is -2.16. The molecule has 1 heterocycles. The van der Waals surface area contributed by atoms with Crippen LogP contribution in [0.5, 0.6) is 5.75 Å². The van der Waals surface area contributed by atoms with Crippen LogP contribution in [-0.4, -0.2) is 17.6 Å². The highest BCUT2D eigenvalue weighted by atomic mass is 79.9. The van der Waals surface area contributed by atoms with E-state index in [1.807, 2.05) is 41.8 Å². The van der Waals surface area contributed by atoms with Gasteiger partial charge < -0.3 is 14.6 Å². The first-order valence-corrected chi connectivity index (χ1v) is 8.52. The molecule has 3 aromatic rings. The average Bonchev–Trinajstić information content (AvgIpc) is 2.63. The first-order chi connectivity index (χ1) is 12.0. The number of pyridine rings is 1. The summed E-state index contributed by atoms with van der Waals surface area (Å²) in [4.78, 5) is 25.0. The number of benzene rings is 2. The van der Waals surface area contributed by atoms with Gasteiger partial charge in [-0.25, -0.2) is 0 Å². The van der Waals surface area contributed by atoms with E-state index in [2.05, 4.69) is 21.2 Å². The number of halogens is 1. The molecule has 0 aliphatic heterocycles. The third kappa shape index (κ3) is 3.44. The Balaban J connectivity index is 2.03. The van der Waals surface area contributed by atoms with E-state index in [1.54, 1.807) is 25.3 Å². The van der Waals surface area contributed by atoms with Crippen molar-refractivity contribution < 1.29 is 9.53 Å². The second-order valence-corrected chi connectivity index (χ2v) is 6.40. The predicted molar refractivity (Wildman–Crippen MR) is 102 cm³/mol. The van der Waals surface area contributed by atoms with Gasteiger partial charge in [0.2, 0.25) is 11.3 Å². The molecule has 1 N–H and O–H groups in total. The topological polar surface area (TPSA) is 60.3 Å². The minimum absolute atomic E-state index is 0.0996. The Bertz CT molecular complexity index is 997. The first kappa shape index (κ1) is 17.2. The minimum atomic E-state index is -0.165. The quantitative estimate of drug-likeness (QED) is 0.725. The van der Waals surface area contributed by atoms with Gasteiger partial charge in [-0.3, -0.25) is 9.59 Å². The van der Waals surface area contributed by atoms with Crippen molar-refractivity contribution in [1.82, 2.24) is 4.57 Å². The highest BCUT2D eigenvalue weighted by Crippen LogP contribution is 2.23. The number of rotatable bonds is 4. The summed E-state index contributed by atoms with van der Waals surface area (Å²) in [5, 5.41) is 3.37. The number of para-hydroxylation sites is 1. The summed E-state index contributed by atoms with van der Waals surface area (Å²) in [6.07, 6.45) is 0. The Kier molecular flexibility index (Phi) is 4.90. The number of nitrogens with zero attached hydrogens (tertiary/aromatic N) is 1. The summed E-state index contributed by atoms with van der Waals surface area (Å²) in [5.41, 5.74) is 2.00. The van der Waals surface area contributed by atoms with Crippen molar-refractivity contribution in [1.29, 1.82) is 0 Å². The molecule has 0 saturated carbocycles. The van der Waals surface area contributed by atoms with E-state index < -0.39 is 0 Å². The molecule has 2 aromatic carbocycles. The van der Waals surface area contributed by atoms with E-state index >= 15 is 0 Å². The van der Waals surface area contributed by atoms with Crippen molar-refractivity contribution in [3.63, 3.8) is 0 Å². The summed E-state index contributed by atoms with van der Waals surface area (Å²) in [6.45, 7) is 1.91. The maximum absolute atomic E-state index is 12.5. The van der Waals surface area contributed by atoms with Gasteiger partial charge in [-0.15, -0.1) is 0 Å². The number of aromatic nitrogens is 1. The number of methoxy groups -OCH3 is 1. The van der Waals surface area contributed by atoms with Crippen LogP contribution in [0.2, 0.25) is 0 Å². The summed E-state index contributed by atoms with van der Waals surface area (Å²) >= 11 is 3.35. The molecule has 0 unspecified atom stereocenters. The van der Waals surface area contributed by atoms with Gasteiger partial charge in [0.15, 0.2) is 0 Å². The Labute approximate surface area is 153 Å². The second kappa shape index (κ2) is 7.11. The molecule has 0 bridgehead atoms. The lowest BCUT2D eigenvalue weighted by Crippen LogP contribution is -2.23. The maximum atomic E-state index is 12.5. The van der Waals surface area contributed by atoms with Gasteiger partial charge in [0, 0.05) is 11.4 Å². The van der Waals surface area contributed by atoms with Gasteiger partial charge in [0.1, 0.15) is 12.3 Å². The maximum Gasteiger partial charge on any atom is 0.244 e. The number of carbonyl (C=O) groups excluding carboxylic acids is 1. The Morgan fingerprint density at radius 2 is 1.92 bits per heavy atom. The lowest BCUT2D eigenvalue weighted by atomic mass is 10.1. The van der Waals surface area contributed by atoms with Gasteiger partial charge in [-0.05, 0) is 53.2 Å². The second-order valence-electron chi connectivity index (χ2n) is 5.61. The van der Waals surface area contributed by atoms with Gasteiger partial charge in [-0.2, -0.15) is 0 Å². The molecule has 0 radical (unpaired) electrons. The molecule has 0 aliphatic rings. The molecule has 0 spiro atoms. The Hall–Kier alpha value is -2.60. The zero-order valence-electron chi connectivity index (χ0n) is 13.9. The van der Waals surface area contributed by atoms with Gasteiger partial charge in [0.25, 0.3) is 0 Å². The number of amides is 1. The molecule has 3 rings (SSSR count). The van der Waals surface area contributed by atoms with Crippen molar-refractivity contribution in [3.05, 3.63) is 68.9 Å². The van der Waals surface area contributed by atoms with E-state index in [1.165, 1.54) is 0 Å². The first-order valence-electron chi connectivity index (χ1n) is 7.73. The summed E-state index contributed by atoms with van der Waals surface area (Å²) in [7, 11) is 1.55. The van der Waals surface area contributed by atoms with Crippen LogP contribution < -0.4 is 15.5 Å². The largest absolute Gasteiger partial charge is 0.497 e. The van der Waals surface area contributed by atoms with E-state index in [-0.39, 0.29) is 17.9 Å². The smallest absolute Gasteiger partial charge is 0.244 e. The molecule has 1 amide bonds. The summed E-state index contributed by atoms with van der Waals surface area (Å²) < 4.78 is 7.47. The van der Waals surface area contributed by atoms with E-state index in [0.717, 1.165) is 5.69 Å². The summed E-state index contributed by atoms with van der Waals surface area (Å²) in [6, 6.07) is 14.5. The third-order valence-electron chi connectivity index (χ3n) is 4.02. The lowest BCUT2D eigenvalue weighted by molar-refractivity contribution is -0.116. The fourth-order valence-corrected chi connectivity index (χ4v) is 3.14. The average molecular weight is 401 g/mol. The van der Waals surface area contributed by atoms with E-state index in [4.69, 9.17) is 4.74 Å². The van der Waals surface area contributed by atoms with Crippen LogP contribution in [0.1, 0.15) is 5.69 Å². The molecule has 0 fully saturated rings. The fraction of sp³-hybridized carbons (Fsp3) is 0.158. The Morgan fingerprint density at radius 1 is 1.20 bits per heavy atom. The standard InChI is InChI=1S/C19H17BrN2O3/c1-12-18(20)19(24)15-10-14(25-2)8-9-16(15)22(12)11-17(23)21-13-6-4-3-5-7-13/h3-10H,11H2,1-2H3,(H,21,23). The van der Waals surface area contributed by atoms with Crippen molar-refractivity contribution >= 4 is 38.4 Å². The molecular weight excluding hydrogens is 384 g/mol. The highest BCUT2D eigenvalue weighted by Gasteiger charge is 2.15. The molecule has 6 heteroatoms. The van der Waals surface area contributed by atoms with Gasteiger partial charge in [-0.1, -0.05) is 18.2 Å². The number of carbonyl (C=O) groups is 1. The molecule has 0 aliphatic carbocycles. The van der Waals surface area contributed by atoms with Gasteiger partial charge >= 0.3 is 0 Å². The monoisotopic (exact) mass is 400 g/mol. The number of anilines is 1. The van der Waals surface area contributed by atoms with Crippen LogP contribution in [0.4, 0.5) is 5.69 Å². The zero-order chi connectivity index (χ0) is 18.0. The van der Waals surface area contributed by atoms with Crippen LogP contribution in [0.3, 0.4) is 0 Å². The zero-order valence-corrected chi connectivity index (χ0v) is 15.5. The van der Waals surface area contributed by atoms with Crippen molar-refractivity contribution in [2.45, 2.75) is 13.5 Å². The molecule has 0 atom stereocenters. The van der Waals surface area contributed by atoms with E-state index in [0.29, 0.717) is 26.8 Å². The summed E-state index contributed by atoms with van der Waals surface area (Å²) in [5.74, 6) is 0.433. The molecule has 25 heavy (non-hydrogen) atoms. The number of ether oxygens (including phenoxy) is 1. The number of nitrogens with one attached hydrogen (secondary N) is 1. The molecule has 5 nitrogen and oxygen atoms in total. The molecule has 1 aromatic heterocycles. The number of hydrogen-bond acceptors (Lipinski definition) is 3. The van der Waals surface area contributed by atoms with Gasteiger partial charge in [0.05, 0.1) is 22.5 Å². The molecular formula is C19H17BrN2O3. The van der Waals surface area contributed by atoms with Crippen molar-refractivity contribution in [2.75, 3.05) is 12.4 Å². The SMILES string of the molecule is COc1ccc2c(c1)c(=O)c(Br)c(C)n2CC(=O)Nc1ccccc1. The van der Waals surface area contributed by atoms with Crippen LogP contribution in [-0.2, 0) is 11.3 Å². The van der Waals surface area contributed by atoms with Crippen LogP contribution in [0, 0.1) is 6.92 Å². The minimum Gasteiger partial charge on any atom is -0.497 e. The van der Waals surface area contributed by atoms with Crippen LogP contribution >= 0.6 is 15.9 Å². The molecule has 128 valence electrons. The number of hydrogen-bond donors (Lipinski definition) is 1. The van der Waals surface area contributed by atoms with Crippen LogP contribution in [0.15, 0.2) is 57.8 Å². The van der Waals surface area contributed by atoms with E-state index in [9.17, 15) is 9.59 Å². The Morgan fingerprint density at radius 3 is 2.60 bits per heavy atom. The third-order valence-corrected chi connectivity index (χ3v) is 4.95. The van der Waals surface area contributed by atoms with Crippen molar-refractivity contribution in [3.8, 4) is 5.75 Å². The highest BCUT2D eigenvalue weighted by molar-refractivity contribution is 9.10. The normalized spacial score (nSPS) is 10.7. The predicted octanol–water partition coefficient (Wildman–Crippen LogP) is 3.72. The molecule has 0 saturated heterocycles. The van der Waals surface area contributed by atoms with Crippen LogP contribution in [0.25, 0.3) is 10.9 Å². The fourth-order valence-electron chi connectivity index (χ4n) is 2.71. The number of fused-ring (bicyclic) bond motifs is 1. The van der Waals surface area contributed by atoms with Crippen molar-refractivity contribution in [2.24, 2.45) is 0 Å².